The maximum atomic E-state index is 11.7. The molecule has 0 spiro atoms. The molecule has 0 atom stereocenters. The molecule has 0 fully saturated rings. The summed E-state index contributed by atoms with van der Waals surface area (Å²) in [6.45, 7) is 3.17. The van der Waals surface area contributed by atoms with Crippen molar-refractivity contribution in [3.05, 3.63) is 34.9 Å². The van der Waals surface area contributed by atoms with Crippen molar-refractivity contribution in [1.29, 1.82) is 0 Å². The first-order valence-electron chi connectivity index (χ1n) is 6.69. The quantitative estimate of drug-likeness (QED) is 0.571. The number of hydrogen-bond donors (Lipinski definition) is 2. The molecule has 1 aliphatic rings. The molecule has 0 saturated heterocycles. The molecular formula is C14H20BN3O. The van der Waals surface area contributed by atoms with E-state index in [1.54, 1.807) is 0 Å². The molecular weight excluding hydrogens is 237 g/mol. The van der Waals surface area contributed by atoms with Gasteiger partial charge in [-0.3, -0.25) is 9.69 Å². The highest BCUT2D eigenvalue weighted by molar-refractivity contribution is 6.04. The predicted octanol–water partition coefficient (Wildman–Crippen LogP) is 0.354. The minimum atomic E-state index is 0.0826. The van der Waals surface area contributed by atoms with Gasteiger partial charge in [-0.2, -0.15) is 0 Å². The normalized spacial score (nSPS) is 14.4. The summed E-state index contributed by atoms with van der Waals surface area (Å²) < 4.78 is 0. The number of nitrogens with zero attached hydrogens (tertiary/aromatic N) is 1. The summed E-state index contributed by atoms with van der Waals surface area (Å²) in [5.74, 6) is 0.0826. The average Bonchev–Trinajstić information content (AvgIpc) is 2.77. The molecule has 1 heterocycles. The maximum Gasteiger partial charge on any atom is 0.220 e. The summed E-state index contributed by atoms with van der Waals surface area (Å²) in [5.41, 5.74) is 4.10. The first-order chi connectivity index (χ1) is 9.20. The monoisotopic (exact) mass is 257 g/mol. The highest BCUT2D eigenvalue weighted by Crippen LogP contribution is 2.25. The largest absolute Gasteiger partial charge is 0.365 e. The first-order valence-corrected chi connectivity index (χ1v) is 6.69. The molecule has 1 aromatic carbocycles. The zero-order valence-electron chi connectivity index (χ0n) is 11.4. The van der Waals surface area contributed by atoms with Gasteiger partial charge in [-0.25, -0.2) is 0 Å². The fraction of sp³-hybridized carbons (Fsp3) is 0.500. The van der Waals surface area contributed by atoms with Crippen LogP contribution < -0.4 is 10.5 Å². The second-order valence-electron chi connectivity index (χ2n) is 5.03. The Morgan fingerprint density at radius 1 is 1.37 bits per heavy atom. The van der Waals surface area contributed by atoms with Gasteiger partial charge in [0.1, 0.15) is 0 Å². The summed E-state index contributed by atoms with van der Waals surface area (Å²) in [6, 6.07) is 6.39. The molecule has 0 bridgehead atoms. The van der Waals surface area contributed by atoms with Gasteiger partial charge in [-0.15, -0.1) is 0 Å². The van der Waals surface area contributed by atoms with E-state index in [4.69, 9.17) is 7.98 Å². The van der Waals surface area contributed by atoms with Crippen molar-refractivity contribution in [3.8, 4) is 0 Å². The number of nitrogens with one attached hydrogen (secondary N) is 2. The van der Waals surface area contributed by atoms with Crippen LogP contribution in [0.1, 0.15) is 23.1 Å². The fourth-order valence-corrected chi connectivity index (χ4v) is 2.50. The number of benzene rings is 1. The Hall–Kier alpha value is -1.33. The Morgan fingerprint density at radius 2 is 2.21 bits per heavy atom. The van der Waals surface area contributed by atoms with Gasteiger partial charge in [0, 0.05) is 32.6 Å². The van der Waals surface area contributed by atoms with Crippen molar-refractivity contribution in [2.24, 2.45) is 0 Å². The van der Waals surface area contributed by atoms with E-state index in [1.807, 2.05) is 0 Å². The number of fused-ring (bicyclic) bond motifs is 1. The number of carbonyl (C=O) groups excluding carboxylic acids is 1. The topological polar surface area (TPSA) is 44.4 Å². The molecule has 4 nitrogen and oxygen atoms in total. The lowest BCUT2D eigenvalue weighted by Gasteiger charge is -2.09. The van der Waals surface area contributed by atoms with Crippen molar-refractivity contribution in [1.82, 2.24) is 15.4 Å². The van der Waals surface area contributed by atoms with Crippen LogP contribution in [0.4, 0.5) is 0 Å². The smallest absolute Gasteiger partial charge is 0.220 e. The minimum Gasteiger partial charge on any atom is -0.365 e. The highest BCUT2D eigenvalue weighted by Gasteiger charge is 2.18. The fourth-order valence-electron chi connectivity index (χ4n) is 2.50. The van der Waals surface area contributed by atoms with Crippen LogP contribution in [0.25, 0.3) is 0 Å². The molecule has 19 heavy (non-hydrogen) atoms. The van der Waals surface area contributed by atoms with E-state index in [2.05, 4.69) is 40.7 Å². The van der Waals surface area contributed by atoms with Gasteiger partial charge in [0.25, 0.3) is 0 Å². The predicted molar refractivity (Wildman–Crippen MR) is 76.7 cm³/mol. The van der Waals surface area contributed by atoms with E-state index in [-0.39, 0.29) is 5.91 Å². The summed E-state index contributed by atoms with van der Waals surface area (Å²) in [4.78, 5) is 14.0. The Kier molecular flexibility index (Phi) is 4.99. The van der Waals surface area contributed by atoms with Crippen molar-refractivity contribution >= 4 is 13.9 Å². The zero-order valence-corrected chi connectivity index (χ0v) is 11.4. The number of carbonyl (C=O) groups is 1. The summed E-state index contributed by atoms with van der Waals surface area (Å²) in [6.07, 6.45) is 1.34. The summed E-state index contributed by atoms with van der Waals surface area (Å²) in [7, 11) is 7.27. The van der Waals surface area contributed by atoms with Crippen molar-refractivity contribution in [3.63, 3.8) is 0 Å². The van der Waals surface area contributed by atoms with E-state index in [9.17, 15) is 4.79 Å². The van der Waals surface area contributed by atoms with Crippen LogP contribution in [0.15, 0.2) is 18.2 Å². The van der Waals surface area contributed by atoms with Gasteiger partial charge in [0.2, 0.25) is 5.91 Å². The first kappa shape index (κ1) is 14.1. The van der Waals surface area contributed by atoms with E-state index in [0.717, 1.165) is 19.5 Å². The van der Waals surface area contributed by atoms with E-state index >= 15 is 0 Å². The molecule has 0 aromatic heterocycles. The third-order valence-electron chi connectivity index (χ3n) is 3.45. The molecule has 2 radical (unpaired) electrons. The lowest BCUT2D eigenvalue weighted by atomic mass is 9.99. The lowest BCUT2D eigenvalue weighted by Crippen LogP contribution is -2.31. The molecule has 0 saturated carbocycles. The molecule has 1 amide bonds. The lowest BCUT2D eigenvalue weighted by molar-refractivity contribution is -0.121. The highest BCUT2D eigenvalue weighted by atomic mass is 16.1. The second-order valence-corrected chi connectivity index (χ2v) is 5.03. The molecule has 1 aliphatic heterocycles. The molecule has 2 N–H and O–H groups in total. The van der Waals surface area contributed by atoms with Crippen LogP contribution in [0, 0.1) is 0 Å². The molecule has 0 aliphatic carbocycles. The number of hydrogen-bond acceptors (Lipinski definition) is 3. The van der Waals surface area contributed by atoms with E-state index in [1.165, 1.54) is 16.7 Å². The van der Waals surface area contributed by atoms with Gasteiger partial charge >= 0.3 is 0 Å². The van der Waals surface area contributed by atoms with Crippen LogP contribution in [0.2, 0.25) is 0 Å². The average molecular weight is 257 g/mol. The maximum absolute atomic E-state index is 11.7. The van der Waals surface area contributed by atoms with Gasteiger partial charge in [0.05, 0.1) is 0 Å². The Balaban J connectivity index is 1.87. The van der Waals surface area contributed by atoms with Crippen molar-refractivity contribution < 1.29 is 4.79 Å². The van der Waals surface area contributed by atoms with Gasteiger partial charge in [0.15, 0.2) is 7.98 Å². The Bertz CT molecular complexity index is 450. The Morgan fingerprint density at radius 3 is 3.00 bits per heavy atom. The molecule has 5 heteroatoms. The van der Waals surface area contributed by atoms with Crippen LogP contribution in [-0.4, -0.2) is 38.9 Å². The SMILES string of the molecule is [B]NCCNC(=O)CCc1cccc2c1CN(C)C2. The third-order valence-corrected chi connectivity index (χ3v) is 3.45. The molecule has 100 valence electrons. The molecule has 0 unspecified atom stereocenters. The number of rotatable bonds is 6. The third kappa shape index (κ3) is 3.82. The zero-order chi connectivity index (χ0) is 13.7. The second kappa shape index (κ2) is 6.73. The van der Waals surface area contributed by atoms with Crippen LogP contribution in [-0.2, 0) is 24.3 Å². The van der Waals surface area contributed by atoms with Crippen molar-refractivity contribution in [2.75, 3.05) is 20.1 Å². The molecule has 2 rings (SSSR count). The van der Waals surface area contributed by atoms with Gasteiger partial charge < -0.3 is 10.5 Å². The Labute approximate surface area is 116 Å². The molecule has 1 aromatic rings. The van der Waals surface area contributed by atoms with E-state index < -0.39 is 0 Å². The van der Waals surface area contributed by atoms with Gasteiger partial charge in [-0.05, 0) is 30.2 Å². The van der Waals surface area contributed by atoms with Crippen LogP contribution in [0.3, 0.4) is 0 Å². The number of aryl methyl sites for hydroxylation is 1. The van der Waals surface area contributed by atoms with E-state index in [0.29, 0.717) is 19.5 Å². The van der Waals surface area contributed by atoms with Crippen LogP contribution >= 0.6 is 0 Å². The minimum absolute atomic E-state index is 0.0826. The van der Waals surface area contributed by atoms with Gasteiger partial charge in [-0.1, -0.05) is 18.2 Å². The standard InChI is InChI=1S/C14H20BN3O/c1-18-9-12-4-2-3-11(13(12)10-18)5-6-14(19)16-7-8-17-15/h2-4,17H,5-10H2,1H3,(H,16,19). The summed E-state index contributed by atoms with van der Waals surface area (Å²) in [5, 5.41) is 5.35. The van der Waals surface area contributed by atoms with Crippen molar-refractivity contribution in [2.45, 2.75) is 25.9 Å². The van der Waals surface area contributed by atoms with Crippen LogP contribution in [0.5, 0.6) is 0 Å². The number of amides is 1. The summed E-state index contributed by atoms with van der Waals surface area (Å²) >= 11 is 0.